The highest BCUT2D eigenvalue weighted by molar-refractivity contribution is 6.21. The van der Waals surface area contributed by atoms with Crippen LogP contribution in [0.2, 0.25) is 0 Å². The summed E-state index contributed by atoms with van der Waals surface area (Å²) < 4.78 is 0. The van der Waals surface area contributed by atoms with Crippen molar-refractivity contribution in [3.8, 4) is 44.5 Å². The second-order valence-electron chi connectivity index (χ2n) is 17.7. The zero-order chi connectivity index (χ0) is 36.5. The number of hydrogen-bond acceptors (Lipinski definition) is 0. The van der Waals surface area contributed by atoms with Gasteiger partial charge in [-0.2, -0.15) is 0 Å². The van der Waals surface area contributed by atoms with E-state index in [0.29, 0.717) is 0 Å². The quantitative estimate of drug-likeness (QED) is 0.160. The third-order valence-electron chi connectivity index (χ3n) is 15.0. The molecule has 0 radical (unpaired) electrons. The minimum Gasteiger partial charge on any atom is -0.0616 e. The Hall–Kier alpha value is -5.98. The van der Waals surface area contributed by atoms with Crippen LogP contribution >= 0.6 is 0 Å². The molecule has 0 heterocycles. The topological polar surface area (TPSA) is 0 Å². The fourth-order valence-electron chi connectivity index (χ4n) is 13.0. The number of rotatable bonds is 3. The number of hydrogen-bond donors (Lipinski definition) is 0. The van der Waals surface area contributed by atoms with E-state index >= 15 is 0 Å². The van der Waals surface area contributed by atoms with Gasteiger partial charge in [-0.15, -0.1) is 0 Å². The average Bonchev–Trinajstić information content (AvgIpc) is 3.52. The number of fused-ring (bicyclic) bond motifs is 7. The summed E-state index contributed by atoms with van der Waals surface area (Å²) in [6.45, 7) is 0. The third kappa shape index (κ3) is 4.25. The monoisotopic (exact) mass is 714 g/mol. The molecular weight excluding hydrogens is 673 g/mol. The predicted octanol–water partition coefficient (Wildman–Crippen LogP) is 15.0. The lowest BCUT2D eigenvalue weighted by atomic mass is 9.43. The van der Waals surface area contributed by atoms with E-state index < -0.39 is 0 Å². The minimum absolute atomic E-state index is 0.108. The zero-order valence-corrected chi connectivity index (χ0v) is 31.5. The van der Waals surface area contributed by atoms with Gasteiger partial charge in [0, 0.05) is 5.41 Å². The van der Waals surface area contributed by atoms with E-state index in [-0.39, 0.29) is 5.41 Å². The Kier molecular flexibility index (Phi) is 6.43. The molecule has 4 saturated carbocycles. The summed E-state index contributed by atoms with van der Waals surface area (Å²) in [7, 11) is 0. The molecule has 0 aromatic heterocycles. The van der Waals surface area contributed by atoms with Gasteiger partial charge in [-0.1, -0.05) is 146 Å². The van der Waals surface area contributed by atoms with E-state index in [1.165, 1.54) is 120 Å². The molecule has 0 atom stereocenters. The van der Waals surface area contributed by atoms with Crippen LogP contribution < -0.4 is 0 Å². The van der Waals surface area contributed by atoms with Crippen molar-refractivity contribution < 1.29 is 0 Å². The first-order valence-corrected chi connectivity index (χ1v) is 20.9. The fourth-order valence-corrected chi connectivity index (χ4v) is 13.0. The molecule has 5 aliphatic rings. The Bertz CT molecular complexity index is 3000. The van der Waals surface area contributed by atoms with Crippen molar-refractivity contribution in [1.29, 1.82) is 0 Å². The SMILES string of the molecule is c1ccc2cc(-c3ccc(-c4c5ccccc5c(-c5ccc6c(c5)C5(c7cc8ccccc8cc7-6)C6CC7CC(C6)CC5C7)c5ccccc45)cc3)ccc2c1. The first kappa shape index (κ1) is 31.2. The maximum atomic E-state index is 2.69. The van der Waals surface area contributed by atoms with Crippen molar-refractivity contribution in [3.05, 3.63) is 181 Å². The van der Waals surface area contributed by atoms with Crippen molar-refractivity contribution in [2.75, 3.05) is 0 Å². The lowest BCUT2D eigenvalue weighted by molar-refractivity contribution is -0.0398. The summed E-state index contributed by atoms with van der Waals surface area (Å²) in [6, 6.07) is 65.0. The van der Waals surface area contributed by atoms with E-state index in [1.807, 2.05) is 0 Å². The second-order valence-corrected chi connectivity index (χ2v) is 17.7. The van der Waals surface area contributed by atoms with E-state index in [9.17, 15) is 0 Å². The van der Waals surface area contributed by atoms with Crippen LogP contribution in [0.15, 0.2) is 170 Å². The molecule has 1 spiro atoms. The molecule has 56 heavy (non-hydrogen) atoms. The van der Waals surface area contributed by atoms with Crippen LogP contribution in [-0.4, -0.2) is 0 Å². The summed E-state index contributed by atoms with van der Waals surface area (Å²) in [5, 5.41) is 10.6. The number of benzene rings is 9. The van der Waals surface area contributed by atoms with Crippen LogP contribution in [0, 0.1) is 23.7 Å². The molecular formula is C56H42. The zero-order valence-electron chi connectivity index (χ0n) is 31.5. The second kappa shape index (κ2) is 11.5. The van der Waals surface area contributed by atoms with Crippen molar-refractivity contribution in [2.45, 2.75) is 37.5 Å². The predicted molar refractivity (Wildman–Crippen MR) is 236 cm³/mol. The summed E-state index contributed by atoms with van der Waals surface area (Å²) in [6.07, 6.45) is 7.04. The molecule has 4 fully saturated rings. The summed E-state index contributed by atoms with van der Waals surface area (Å²) in [5.41, 5.74) is 14.2. The van der Waals surface area contributed by atoms with Crippen LogP contribution in [0.3, 0.4) is 0 Å². The highest BCUT2D eigenvalue weighted by atomic mass is 14.6. The van der Waals surface area contributed by atoms with Gasteiger partial charge in [0.1, 0.15) is 0 Å². The van der Waals surface area contributed by atoms with Crippen molar-refractivity contribution in [2.24, 2.45) is 23.7 Å². The van der Waals surface area contributed by atoms with Gasteiger partial charge in [-0.05, 0) is 179 Å². The molecule has 0 heteroatoms. The summed E-state index contributed by atoms with van der Waals surface area (Å²) >= 11 is 0. The van der Waals surface area contributed by atoms with E-state index in [1.54, 1.807) is 11.1 Å². The first-order valence-electron chi connectivity index (χ1n) is 20.9. The van der Waals surface area contributed by atoms with Gasteiger partial charge in [-0.3, -0.25) is 0 Å². The molecule has 0 N–H and O–H groups in total. The average molecular weight is 715 g/mol. The Balaban J connectivity index is 1.01. The molecule has 0 unspecified atom stereocenters. The van der Waals surface area contributed by atoms with Crippen molar-refractivity contribution in [3.63, 3.8) is 0 Å². The first-order chi connectivity index (χ1) is 27.7. The normalized spacial score (nSPS) is 23.1. The van der Waals surface area contributed by atoms with Crippen LogP contribution in [0.5, 0.6) is 0 Å². The van der Waals surface area contributed by atoms with Gasteiger partial charge in [0.15, 0.2) is 0 Å². The Morgan fingerprint density at radius 2 is 0.786 bits per heavy atom. The molecule has 0 nitrogen and oxygen atoms in total. The summed E-state index contributed by atoms with van der Waals surface area (Å²) in [5.74, 6) is 3.29. The standard InChI is InChI=1S/C56H42/c1-2-10-39-30-42(22-19-36(39)9-1)37-17-20-38(21-18-37)54-47-13-5-7-15-49(47)55(50-16-8-6-14-48(50)54)43-23-24-46-51-31-40-11-3-4-12-41(40)32-53(51)56(52(46)33-43)44-26-34-25-35(28-44)29-45(56)27-34/h1-24,30-35,44-45H,25-29H2. The molecule has 266 valence electrons. The maximum absolute atomic E-state index is 2.69. The van der Waals surface area contributed by atoms with Crippen molar-refractivity contribution >= 4 is 43.1 Å². The Labute approximate surface area is 328 Å². The van der Waals surface area contributed by atoms with Crippen LogP contribution in [-0.2, 0) is 5.41 Å². The fraction of sp³-hybridized carbons (Fsp3) is 0.179. The van der Waals surface area contributed by atoms with Gasteiger partial charge < -0.3 is 0 Å². The van der Waals surface area contributed by atoms with Gasteiger partial charge in [0.25, 0.3) is 0 Å². The van der Waals surface area contributed by atoms with E-state index in [4.69, 9.17) is 0 Å². The minimum atomic E-state index is 0.108. The summed E-state index contributed by atoms with van der Waals surface area (Å²) in [4.78, 5) is 0. The van der Waals surface area contributed by atoms with Gasteiger partial charge >= 0.3 is 0 Å². The Morgan fingerprint density at radius 1 is 0.321 bits per heavy atom. The van der Waals surface area contributed by atoms with Gasteiger partial charge in [0.2, 0.25) is 0 Å². The highest BCUT2D eigenvalue weighted by Crippen LogP contribution is 2.70. The third-order valence-corrected chi connectivity index (χ3v) is 15.0. The molecule has 14 rings (SSSR count). The smallest absolute Gasteiger partial charge is 0.0272 e. The molecule has 0 aliphatic heterocycles. The van der Waals surface area contributed by atoms with Gasteiger partial charge in [-0.25, -0.2) is 0 Å². The van der Waals surface area contributed by atoms with Crippen LogP contribution in [0.25, 0.3) is 87.6 Å². The molecule has 5 aliphatic carbocycles. The van der Waals surface area contributed by atoms with E-state index in [0.717, 1.165) is 23.7 Å². The molecule has 9 aromatic rings. The van der Waals surface area contributed by atoms with E-state index in [2.05, 4.69) is 170 Å². The van der Waals surface area contributed by atoms with Crippen molar-refractivity contribution in [1.82, 2.24) is 0 Å². The molecule has 9 aromatic carbocycles. The van der Waals surface area contributed by atoms with Crippen LogP contribution in [0.1, 0.15) is 43.2 Å². The molecule has 0 saturated heterocycles. The lowest BCUT2D eigenvalue weighted by Gasteiger charge is -2.61. The molecule has 0 amide bonds. The highest BCUT2D eigenvalue weighted by Gasteiger charge is 2.61. The largest absolute Gasteiger partial charge is 0.0616 e. The molecule has 4 bridgehead atoms. The van der Waals surface area contributed by atoms with Gasteiger partial charge in [0.05, 0.1) is 0 Å². The Morgan fingerprint density at radius 3 is 1.41 bits per heavy atom. The maximum Gasteiger partial charge on any atom is 0.0272 e. The lowest BCUT2D eigenvalue weighted by Crippen LogP contribution is -2.55. The van der Waals surface area contributed by atoms with Crippen LogP contribution in [0.4, 0.5) is 0 Å².